The van der Waals surface area contributed by atoms with Gasteiger partial charge < -0.3 is 25.6 Å². The van der Waals surface area contributed by atoms with E-state index in [1.807, 2.05) is 19.1 Å². The Labute approximate surface area is 185 Å². The van der Waals surface area contributed by atoms with E-state index in [-0.39, 0.29) is 29.9 Å². The van der Waals surface area contributed by atoms with Gasteiger partial charge in [-0.2, -0.15) is 0 Å². The Bertz CT molecular complexity index is 606. The first-order chi connectivity index (χ1) is 13.2. The van der Waals surface area contributed by atoms with Crippen molar-refractivity contribution in [3.05, 3.63) is 29.8 Å². The van der Waals surface area contributed by atoms with E-state index in [9.17, 15) is 4.79 Å². The number of aliphatic imine (C=N–C) groups is 1. The number of methoxy groups -OCH3 is 1. The van der Waals surface area contributed by atoms with Gasteiger partial charge in [0.15, 0.2) is 5.96 Å². The minimum absolute atomic E-state index is 0. The number of likely N-dealkylation sites (tertiary alicyclic amines) is 1. The van der Waals surface area contributed by atoms with E-state index in [4.69, 9.17) is 4.74 Å². The maximum absolute atomic E-state index is 12.2. The number of hydrogen-bond acceptors (Lipinski definition) is 4. The highest BCUT2D eigenvalue weighted by atomic mass is 127. The number of ether oxygens (including phenoxy) is 1. The molecule has 3 N–H and O–H groups in total. The van der Waals surface area contributed by atoms with Crippen LogP contribution in [-0.4, -0.2) is 69.7 Å². The first kappa shape index (κ1) is 24.5. The molecule has 1 aliphatic rings. The van der Waals surface area contributed by atoms with Crippen molar-refractivity contribution in [2.45, 2.75) is 26.2 Å². The van der Waals surface area contributed by atoms with Crippen LogP contribution in [0.25, 0.3) is 0 Å². The van der Waals surface area contributed by atoms with Gasteiger partial charge in [-0.1, -0.05) is 12.5 Å². The van der Waals surface area contributed by atoms with Crippen molar-refractivity contribution in [2.75, 3.05) is 52.9 Å². The van der Waals surface area contributed by atoms with E-state index in [0.29, 0.717) is 24.4 Å². The van der Waals surface area contributed by atoms with Crippen LogP contribution in [0.5, 0.6) is 5.75 Å². The summed E-state index contributed by atoms with van der Waals surface area (Å²) in [6.07, 6.45) is 3.95. The maximum atomic E-state index is 12.2. The van der Waals surface area contributed by atoms with Crippen molar-refractivity contribution < 1.29 is 9.53 Å². The third-order valence-corrected chi connectivity index (χ3v) is 4.51. The lowest BCUT2D eigenvalue weighted by atomic mass is 10.1. The van der Waals surface area contributed by atoms with Crippen molar-refractivity contribution in [3.63, 3.8) is 0 Å². The molecular formula is C20H34IN5O2. The molecule has 0 radical (unpaired) electrons. The fourth-order valence-electron chi connectivity index (χ4n) is 3.05. The number of nitrogens with one attached hydrogen (secondary N) is 3. The average molecular weight is 503 g/mol. The lowest BCUT2D eigenvalue weighted by Crippen LogP contribution is -2.42. The summed E-state index contributed by atoms with van der Waals surface area (Å²) in [7, 11) is 1.59. The molecule has 0 bridgehead atoms. The number of nitrogens with zero attached hydrogens (tertiary/aromatic N) is 2. The Balaban J connectivity index is 0.00000392. The molecule has 158 valence electrons. The molecule has 2 rings (SSSR count). The van der Waals surface area contributed by atoms with E-state index in [2.05, 4.69) is 25.8 Å². The summed E-state index contributed by atoms with van der Waals surface area (Å²) in [5.41, 5.74) is 0.594. The van der Waals surface area contributed by atoms with Gasteiger partial charge in [0.1, 0.15) is 5.75 Å². The summed E-state index contributed by atoms with van der Waals surface area (Å²) in [6.45, 7) is 8.16. The number of piperidine rings is 1. The molecule has 7 nitrogen and oxygen atoms in total. The highest BCUT2D eigenvalue weighted by molar-refractivity contribution is 14.0. The van der Waals surface area contributed by atoms with Gasteiger partial charge in [-0.05, 0) is 51.1 Å². The molecular weight excluding hydrogens is 469 g/mol. The molecule has 0 spiro atoms. The Kier molecular flexibility index (Phi) is 12.6. The van der Waals surface area contributed by atoms with Crippen molar-refractivity contribution in [2.24, 2.45) is 4.99 Å². The minimum atomic E-state index is -0.109. The standard InChI is InChI=1S/C20H33N5O2.HI/c1-3-21-20(24-12-15-25-13-5-4-6-14-25)23-11-10-22-19(26)17-8-7-9-18(16-17)27-2;/h7-9,16H,3-6,10-15H2,1-2H3,(H,22,26)(H2,21,23,24);1H. The molecule has 0 unspecified atom stereocenters. The molecule has 0 aromatic heterocycles. The number of carbonyl (C=O) groups is 1. The number of halogens is 1. The second-order valence-corrected chi connectivity index (χ2v) is 6.58. The van der Waals surface area contributed by atoms with Gasteiger partial charge in [-0.3, -0.25) is 9.79 Å². The SMILES string of the molecule is CCNC(=NCCN1CCCCC1)NCCNC(=O)c1cccc(OC)c1.I. The Morgan fingerprint density at radius 3 is 2.61 bits per heavy atom. The number of guanidine groups is 1. The van der Waals surface area contributed by atoms with Gasteiger partial charge in [0.05, 0.1) is 13.7 Å². The lowest BCUT2D eigenvalue weighted by molar-refractivity contribution is 0.0954. The molecule has 0 aliphatic carbocycles. The van der Waals surface area contributed by atoms with Crippen LogP contribution < -0.4 is 20.7 Å². The summed E-state index contributed by atoms with van der Waals surface area (Å²) in [4.78, 5) is 19.3. The second kappa shape index (κ2) is 14.4. The largest absolute Gasteiger partial charge is 0.497 e. The zero-order valence-corrected chi connectivity index (χ0v) is 19.3. The zero-order chi connectivity index (χ0) is 19.3. The summed E-state index contributed by atoms with van der Waals surface area (Å²) >= 11 is 0. The maximum Gasteiger partial charge on any atom is 0.251 e. The van der Waals surface area contributed by atoms with Crippen LogP contribution in [0.2, 0.25) is 0 Å². The zero-order valence-electron chi connectivity index (χ0n) is 17.0. The molecule has 1 heterocycles. The topological polar surface area (TPSA) is 78.0 Å². The van der Waals surface area contributed by atoms with Gasteiger partial charge in [0.2, 0.25) is 0 Å². The third-order valence-electron chi connectivity index (χ3n) is 4.51. The number of hydrogen-bond donors (Lipinski definition) is 3. The van der Waals surface area contributed by atoms with Gasteiger partial charge in [-0.15, -0.1) is 24.0 Å². The third kappa shape index (κ3) is 9.09. The fraction of sp³-hybridized carbons (Fsp3) is 0.600. The van der Waals surface area contributed by atoms with Crippen molar-refractivity contribution in [3.8, 4) is 5.75 Å². The Hall–Kier alpha value is -1.55. The van der Waals surface area contributed by atoms with E-state index >= 15 is 0 Å². The molecule has 0 saturated carbocycles. The predicted molar refractivity (Wildman–Crippen MR) is 125 cm³/mol. The molecule has 1 aliphatic heterocycles. The van der Waals surface area contributed by atoms with Crippen molar-refractivity contribution in [1.29, 1.82) is 0 Å². The molecule has 1 aromatic carbocycles. The first-order valence-electron chi connectivity index (χ1n) is 9.89. The molecule has 1 amide bonds. The number of rotatable bonds is 9. The first-order valence-corrected chi connectivity index (χ1v) is 9.89. The van der Waals surface area contributed by atoms with E-state index in [1.165, 1.54) is 32.4 Å². The normalized spacial score (nSPS) is 14.7. The summed E-state index contributed by atoms with van der Waals surface area (Å²) < 4.78 is 5.15. The van der Waals surface area contributed by atoms with Crippen LogP contribution in [0, 0.1) is 0 Å². The second-order valence-electron chi connectivity index (χ2n) is 6.58. The predicted octanol–water partition coefficient (Wildman–Crippen LogP) is 2.08. The van der Waals surface area contributed by atoms with Crippen LogP contribution in [0.4, 0.5) is 0 Å². The van der Waals surface area contributed by atoms with Gasteiger partial charge in [-0.25, -0.2) is 0 Å². The monoisotopic (exact) mass is 503 g/mol. The van der Waals surface area contributed by atoms with Crippen molar-refractivity contribution in [1.82, 2.24) is 20.9 Å². The molecule has 0 atom stereocenters. The van der Waals surface area contributed by atoms with Crippen molar-refractivity contribution >= 4 is 35.8 Å². The van der Waals surface area contributed by atoms with Crippen LogP contribution >= 0.6 is 24.0 Å². The Morgan fingerprint density at radius 2 is 1.89 bits per heavy atom. The van der Waals surface area contributed by atoms with Gasteiger partial charge in [0.25, 0.3) is 5.91 Å². The summed E-state index contributed by atoms with van der Waals surface area (Å²) in [6, 6.07) is 7.14. The lowest BCUT2D eigenvalue weighted by Gasteiger charge is -2.25. The Morgan fingerprint density at radius 1 is 1.14 bits per heavy atom. The van der Waals surface area contributed by atoms with Crippen LogP contribution in [0.3, 0.4) is 0 Å². The molecule has 8 heteroatoms. The van der Waals surface area contributed by atoms with Crippen LogP contribution in [0.1, 0.15) is 36.5 Å². The summed E-state index contributed by atoms with van der Waals surface area (Å²) in [5, 5.41) is 9.42. The molecule has 28 heavy (non-hydrogen) atoms. The highest BCUT2D eigenvalue weighted by Crippen LogP contribution is 2.12. The average Bonchev–Trinajstić information content (AvgIpc) is 2.71. The smallest absolute Gasteiger partial charge is 0.251 e. The van der Waals surface area contributed by atoms with Crippen LogP contribution in [-0.2, 0) is 0 Å². The van der Waals surface area contributed by atoms with E-state index < -0.39 is 0 Å². The van der Waals surface area contributed by atoms with E-state index in [1.54, 1.807) is 19.2 Å². The quantitative estimate of drug-likeness (QED) is 0.208. The minimum Gasteiger partial charge on any atom is -0.497 e. The number of carbonyl (C=O) groups excluding carboxylic acids is 1. The summed E-state index contributed by atoms with van der Waals surface area (Å²) in [5.74, 6) is 1.36. The number of benzene rings is 1. The van der Waals surface area contributed by atoms with Gasteiger partial charge >= 0.3 is 0 Å². The van der Waals surface area contributed by atoms with Gasteiger partial charge in [0, 0.05) is 31.7 Å². The molecule has 1 aromatic rings. The number of amides is 1. The van der Waals surface area contributed by atoms with E-state index in [0.717, 1.165) is 25.6 Å². The van der Waals surface area contributed by atoms with Crippen LogP contribution in [0.15, 0.2) is 29.3 Å². The fourth-order valence-corrected chi connectivity index (χ4v) is 3.05. The molecule has 1 fully saturated rings. The highest BCUT2D eigenvalue weighted by Gasteiger charge is 2.09. The molecule has 1 saturated heterocycles.